The van der Waals surface area contributed by atoms with Gasteiger partial charge in [-0.2, -0.15) is 4.68 Å². The first kappa shape index (κ1) is 17.0. The van der Waals surface area contributed by atoms with Crippen molar-refractivity contribution >= 4 is 11.0 Å². The lowest BCUT2D eigenvalue weighted by Crippen LogP contribution is -2.17. The van der Waals surface area contributed by atoms with Crippen LogP contribution in [0.3, 0.4) is 0 Å². The molecule has 0 N–H and O–H groups in total. The highest BCUT2D eigenvalue weighted by atomic mass is 19.1. The Labute approximate surface area is 152 Å². The molecule has 0 amide bonds. The van der Waals surface area contributed by atoms with Crippen LogP contribution in [0, 0.1) is 5.82 Å². The Kier molecular flexibility index (Phi) is 4.19. The molecule has 0 unspecified atom stereocenters. The molecule has 2 aromatic heterocycles. The average Bonchev–Trinajstić information content (AvgIpc) is 3.02. The quantitative estimate of drug-likeness (QED) is 0.518. The number of fused-ring (bicyclic) bond motifs is 1. The van der Waals surface area contributed by atoms with Crippen molar-refractivity contribution in [3.05, 3.63) is 86.4 Å². The van der Waals surface area contributed by atoms with Gasteiger partial charge in [-0.05, 0) is 47.9 Å². The fourth-order valence-corrected chi connectivity index (χ4v) is 2.90. The summed E-state index contributed by atoms with van der Waals surface area (Å²) >= 11 is 0. The molecule has 0 fully saturated rings. The zero-order valence-electron chi connectivity index (χ0n) is 14.4. The smallest absolute Gasteiger partial charge is 0.423 e. The van der Waals surface area contributed by atoms with Gasteiger partial charge in [0.1, 0.15) is 11.4 Å². The Morgan fingerprint density at radius 2 is 1.81 bits per heavy atom. The molecule has 0 aliphatic rings. The summed E-state index contributed by atoms with van der Waals surface area (Å²) < 4.78 is 24.6. The summed E-state index contributed by atoms with van der Waals surface area (Å²) in [4.78, 5) is 24.1. The second-order valence-electron chi connectivity index (χ2n) is 6.11. The van der Waals surface area contributed by atoms with E-state index in [4.69, 9.17) is 8.83 Å². The van der Waals surface area contributed by atoms with E-state index in [9.17, 15) is 14.0 Å². The highest BCUT2D eigenvalue weighted by Crippen LogP contribution is 2.20. The lowest BCUT2D eigenvalue weighted by Gasteiger charge is -2.06. The minimum absolute atomic E-state index is 0.0527. The van der Waals surface area contributed by atoms with E-state index in [1.165, 1.54) is 30.3 Å². The van der Waals surface area contributed by atoms with E-state index in [0.717, 1.165) is 22.1 Å². The Hall–Kier alpha value is -3.48. The van der Waals surface area contributed by atoms with Crippen LogP contribution in [0.4, 0.5) is 4.39 Å². The Balaban J connectivity index is 1.75. The van der Waals surface area contributed by atoms with Crippen molar-refractivity contribution in [3.63, 3.8) is 0 Å². The maximum Gasteiger partial charge on any atom is 0.437 e. The van der Waals surface area contributed by atoms with Gasteiger partial charge in [-0.3, -0.25) is 0 Å². The van der Waals surface area contributed by atoms with Crippen LogP contribution >= 0.6 is 0 Å². The number of hydrogen-bond donors (Lipinski definition) is 0. The number of hydrogen-bond acceptors (Lipinski definition) is 5. The van der Waals surface area contributed by atoms with Crippen LogP contribution in [0.25, 0.3) is 22.4 Å². The Bertz CT molecular complexity index is 1240. The van der Waals surface area contributed by atoms with E-state index in [2.05, 4.69) is 5.10 Å². The van der Waals surface area contributed by atoms with Crippen molar-refractivity contribution < 1.29 is 13.2 Å². The third kappa shape index (κ3) is 3.31. The van der Waals surface area contributed by atoms with Gasteiger partial charge in [0, 0.05) is 17.0 Å². The van der Waals surface area contributed by atoms with Gasteiger partial charge in [0.2, 0.25) is 5.89 Å². The van der Waals surface area contributed by atoms with E-state index in [-0.39, 0.29) is 12.4 Å². The molecule has 27 heavy (non-hydrogen) atoms. The van der Waals surface area contributed by atoms with Crippen LogP contribution < -0.4 is 11.4 Å². The number of benzene rings is 2. The SMILES string of the molecule is CCc1ccc2c(Cn3nc(-c4ccc(F)cc4)oc3=O)cc(=O)oc2c1. The van der Waals surface area contributed by atoms with Crippen LogP contribution in [-0.4, -0.2) is 9.78 Å². The van der Waals surface area contributed by atoms with Crippen molar-refractivity contribution in [1.29, 1.82) is 0 Å². The zero-order valence-corrected chi connectivity index (χ0v) is 14.4. The van der Waals surface area contributed by atoms with Crippen LogP contribution in [-0.2, 0) is 13.0 Å². The molecule has 0 aliphatic heterocycles. The third-order valence-corrected chi connectivity index (χ3v) is 4.32. The summed E-state index contributed by atoms with van der Waals surface area (Å²) in [5.41, 5.74) is 2.09. The summed E-state index contributed by atoms with van der Waals surface area (Å²) in [5, 5.41) is 4.88. The van der Waals surface area contributed by atoms with Crippen molar-refractivity contribution in [1.82, 2.24) is 9.78 Å². The summed E-state index contributed by atoms with van der Waals surface area (Å²) in [5.74, 6) is -0.976. The summed E-state index contributed by atoms with van der Waals surface area (Å²) in [6.45, 7) is 2.06. The molecule has 0 saturated heterocycles. The van der Waals surface area contributed by atoms with Crippen molar-refractivity contribution in [3.8, 4) is 11.5 Å². The maximum absolute atomic E-state index is 13.1. The lowest BCUT2D eigenvalue weighted by atomic mass is 10.1. The molecule has 0 spiro atoms. The third-order valence-electron chi connectivity index (χ3n) is 4.32. The number of halogens is 1. The summed E-state index contributed by atoms with van der Waals surface area (Å²) in [6, 6.07) is 12.4. The molecule has 6 nitrogen and oxygen atoms in total. The van der Waals surface area contributed by atoms with Gasteiger partial charge >= 0.3 is 11.4 Å². The van der Waals surface area contributed by atoms with E-state index >= 15 is 0 Å². The normalized spacial score (nSPS) is 11.2. The van der Waals surface area contributed by atoms with Crippen LogP contribution in [0.5, 0.6) is 0 Å². The fourth-order valence-electron chi connectivity index (χ4n) is 2.90. The lowest BCUT2D eigenvalue weighted by molar-refractivity contribution is 0.494. The first-order chi connectivity index (χ1) is 13.0. The monoisotopic (exact) mass is 366 g/mol. The molecular weight excluding hydrogens is 351 g/mol. The van der Waals surface area contributed by atoms with Gasteiger partial charge in [-0.1, -0.05) is 19.1 Å². The molecule has 0 aliphatic carbocycles. The van der Waals surface area contributed by atoms with E-state index < -0.39 is 17.2 Å². The second-order valence-corrected chi connectivity index (χ2v) is 6.11. The van der Waals surface area contributed by atoms with Gasteiger partial charge in [0.05, 0.1) is 6.54 Å². The van der Waals surface area contributed by atoms with Crippen LogP contribution in [0.2, 0.25) is 0 Å². The number of aromatic nitrogens is 2. The number of rotatable bonds is 4. The number of nitrogens with zero attached hydrogens (tertiary/aromatic N) is 2. The largest absolute Gasteiger partial charge is 0.437 e. The van der Waals surface area contributed by atoms with Crippen LogP contribution in [0.15, 0.2) is 67.0 Å². The number of aryl methyl sites for hydroxylation is 1. The van der Waals surface area contributed by atoms with Gasteiger partial charge < -0.3 is 8.83 Å². The molecule has 2 heterocycles. The van der Waals surface area contributed by atoms with Crippen molar-refractivity contribution in [2.45, 2.75) is 19.9 Å². The Morgan fingerprint density at radius 3 is 2.56 bits per heavy atom. The molecule has 2 aromatic carbocycles. The standard InChI is InChI=1S/C20H15FN2O4/c1-2-12-3-8-16-14(10-18(24)26-17(16)9-12)11-23-20(25)27-19(22-23)13-4-6-15(21)7-5-13/h3-10H,2,11H2,1H3. The van der Waals surface area contributed by atoms with Gasteiger partial charge in [0.15, 0.2) is 0 Å². The molecular formula is C20H15FN2O4. The minimum atomic E-state index is -0.666. The first-order valence-corrected chi connectivity index (χ1v) is 8.43. The molecule has 136 valence electrons. The molecule has 0 atom stereocenters. The topological polar surface area (TPSA) is 78.2 Å². The summed E-state index contributed by atoms with van der Waals surface area (Å²) in [7, 11) is 0. The summed E-state index contributed by atoms with van der Waals surface area (Å²) in [6.07, 6.45) is 0.813. The van der Waals surface area contributed by atoms with E-state index in [1.54, 1.807) is 0 Å². The van der Waals surface area contributed by atoms with Crippen LogP contribution in [0.1, 0.15) is 18.1 Å². The zero-order chi connectivity index (χ0) is 19.0. The Morgan fingerprint density at radius 1 is 1.04 bits per heavy atom. The molecule has 0 saturated carbocycles. The maximum atomic E-state index is 13.1. The average molecular weight is 366 g/mol. The fraction of sp³-hybridized carbons (Fsp3) is 0.150. The second kappa shape index (κ2) is 6.68. The molecule has 0 bridgehead atoms. The molecule has 7 heteroatoms. The molecule has 4 rings (SSSR count). The van der Waals surface area contributed by atoms with Crippen molar-refractivity contribution in [2.24, 2.45) is 0 Å². The van der Waals surface area contributed by atoms with Gasteiger partial charge in [0.25, 0.3) is 0 Å². The highest BCUT2D eigenvalue weighted by molar-refractivity contribution is 5.80. The van der Waals surface area contributed by atoms with Gasteiger partial charge in [-0.15, -0.1) is 5.10 Å². The highest BCUT2D eigenvalue weighted by Gasteiger charge is 2.13. The van der Waals surface area contributed by atoms with Gasteiger partial charge in [-0.25, -0.2) is 14.0 Å². The van der Waals surface area contributed by atoms with E-state index in [0.29, 0.717) is 16.7 Å². The predicted molar refractivity (Wildman–Crippen MR) is 97.1 cm³/mol. The van der Waals surface area contributed by atoms with Crippen molar-refractivity contribution in [2.75, 3.05) is 0 Å². The first-order valence-electron chi connectivity index (χ1n) is 8.43. The van der Waals surface area contributed by atoms with E-state index in [1.807, 2.05) is 25.1 Å². The molecule has 4 aromatic rings. The predicted octanol–water partition coefficient (Wildman–Crippen LogP) is 3.36. The molecule has 0 radical (unpaired) electrons. The minimum Gasteiger partial charge on any atom is -0.423 e.